The Morgan fingerprint density at radius 1 is 0.608 bits per heavy atom. The fourth-order valence-electron chi connectivity index (χ4n) is 6.04. The summed E-state index contributed by atoms with van der Waals surface area (Å²) in [7, 11) is 0. The largest absolute Gasteiger partial charge is 0.394 e. The topological polar surface area (TPSA) is 176 Å². The molecule has 0 aliphatic carbocycles. The van der Waals surface area contributed by atoms with Gasteiger partial charge in [-0.15, -0.1) is 0 Å². The van der Waals surface area contributed by atoms with E-state index in [0.29, 0.717) is 32.4 Å². The Kier molecular flexibility index (Phi) is 26.3. The van der Waals surface area contributed by atoms with Gasteiger partial charge in [0.2, 0.25) is 11.8 Å². The molecule has 0 aromatic heterocycles. The highest BCUT2D eigenvalue weighted by atomic mass is 16.7. The molecule has 51 heavy (non-hydrogen) atoms. The zero-order chi connectivity index (χ0) is 38.0. The van der Waals surface area contributed by atoms with Gasteiger partial charge in [-0.25, -0.2) is 0 Å². The smallest absolute Gasteiger partial charge is 0.222 e. The third-order valence-corrected chi connectivity index (χ3v) is 9.63. The molecule has 1 aliphatic heterocycles. The van der Waals surface area contributed by atoms with Crippen LogP contribution >= 0.6 is 0 Å². The molecule has 1 heterocycles. The number of carbonyl (C=O) groups excluding carboxylic acids is 2. The van der Waals surface area contributed by atoms with Crippen LogP contribution in [0.3, 0.4) is 0 Å². The lowest BCUT2D eigenvalue weighted by Crippen LogP contribution is -2.59. The van der Waals surface area contributed by atoms with Gasteiger partial charge < -0.3 is 50.0 Å². The minimum Gasteiger partial charge on any atom is -0.394 e. The van der Waals surface area contributed by atoms with Gasteiger partial charge in [0.15, 0.2) is 6.29 Å². The highest BCUT2D eigenvalue weighted by Gasteiger charge is 2.44. The van der Waals surface area contributed by atoms with E-state index in [2.05, 4.69) is 17.6 Å². The second kappa shape index (κ2) is 28.1. The van der Waals surface area contributed by atoms with Crippen molar-refractivity contribution in [2.75, 3.05) is 39.5 Å². The van der Waals surface area contributed by atoms with Gasteiger partial charge in [-0.05, 0) is 47.0 Å². The van der Waals surface area contributed by atoms with Crippen LogP contribution in [-0.4, -0.2) is 114 Å². The molecule has 0 radical (unpaired) electrons. The number of nitrogens with one attached hydrogen (secondary N) is 2. The van der Waals surface area contributed by atoms with Crippen LogP contribution in [0.15, 0.2) is 0 Å². The van der Waals surface area contributed by atoms with E-state index in [1.165, 1.54) is 83.5 Å². The molecule has 0 spiro atoms. The van der Waals surface area contributed by atoms with Crippen LogP contribution in [0.5, 0.6) is 0 Å². The van der Waals surface area contributed by atoms with E-state index < -0.39 is 48.5 Å². The Morgan fingerprint density at radius 3 is 1.67 bits per heavy atom. The second-order valence-electron chi connectivity index (χ2n) is 15.4. The average molecular weight is 733 g/mol. The predicted molar refractivity (Wildman–Crippen MR) is 199 cm³/mol. The average Bonchev–Trinajstić information content (AvgIpc) is 3.07. The monoisotopic (exact) mass is 733 g/mol. The van der Waals surface area contributed by atoms with Crippen LogP contribution in [0.2, 0.25) is 0 Å². The van der Waals surface area contributed by atoms with E-state index in [4.69, 9.17) is 18.9 Å². The van der Waals surface area contributed by atoms with Crippen LogP contribution in [-0.2, 0) is 28.5 Å². The maximum atomic E-state index is 12.3. The van der Waals surface area contributed by atoms with E-state index >= 15 is 0 Å². The number of aliphatic hydroxyl groups is 4. The number of aliphatic hydroxyl groups excluding tert-OH is 4. The van der Waals surface area contributed by atoms with Crippen LogP contribution in [0, 0.1) is 0 Å². The molecule has 12 heteroatoms. The lowest BCUT2D eigenvalue weighted by atomic mass is 9.99. The van der Waals surface area contributed by atoms with Crippen molar-refractivity contribution in [1.29, 1.82) is 0 Å². The molecule has 2 amide bonds. The molecule has 302 valence electrons. The van der Waals surface area contributed by atoms with Gasteiger partial charge >= 0.3 is 0 Å². The first-order valence-corrected chi connectivity index (χ1v) is 20.1. The quantitative estimate of drug-likeness (QED) is 0.0513. The summed E-state index contributed by atoms with van der Waals surface area (Å²) >= 11 is 0. The van der Waals surface area contributed by atoms with Gasteiger partial charge in [-0.1, -0.05) is 96.8 Å². The molecule has 0 bridgehead atoms. The summed E-state index contributed by atoms with van der Waals surface area (Å²) < 4.78 is 22.7. The van der Waals surface area contributed by atoms with E-state index in [9.17, 15) is 30.0 Å². The van der Waals surface area contributed by atoms with E-state index in [-0.39, 0.29) is 38.0 Å². The molecule has 5 unspecified atom stereocenters. The summed E-state index contributed by atoms with van der Waals surface area (Å²) in [4.78, 5) is 24.5. The second-order valence-corrected chi connectivity index (χ2v) is 15.4. The number of amides is 2. The van der Waals surface area contributed by atoms with Crippen molar-refractivity contribution < 1.29 is 49.0 Å². The molecule has 0 saturated carbocycles. The Balaban J connectivity index is 2.03. The molecule has 12 nitrogen and oxygen atoms in total. The van der Waals surface area contributed by atoms with Gasteiger partial charge in [0, 0.05) is 25.9 Å². The van der Waals surface area contributed by atoms with Gasteiger partial charge in [0.05, 0.1) is 37.6 Å². The van der Waals surface area contributed by atoms with Crippen molar-refractivity contribution in [1.82, 2.24) is 10.6 Å². The normalized spacial score (nSPS) is 21.2. The standard InChI is InChI=1S/C39H76N2O10/c1-6-7-8-9-10-11-12-13-14-15-16-17-18-19-20-21-32(43)40-25-23-38(2,3)50-28-24-39(4,5)49-27-22-33(44)41-26-29-48-37-36(47)35(46)34(45)31(30-42)51-37/h31,34-37,42,45-47H,6-30H2,1-5H3,(H,40,43)(H,41,44). The van der Waals surface area contributed by atoms with Gasteiger partial charge in [0.1, 0.15) is 24.4 Å². The number of hydrogen-bond donors (Lipinski definition) is 6. The Labute approximate surface area is 309 Å². The first kappa shape index (κ1) is 47.6. The first-order chi connectivity index (χ1) is 24.3. The van der Waals surface area contributed by atoms with E-state index in [1.54, 1.807) is 0 Å². The molecule has 1 fully saturated rings. The van der Waals surface area contributed by atoms with Crippen molar-refractivity contribution in [3.8, 4) is 0 Å². The Bertz CT molecular complexity index is 888. The zero-order valence-corrected chi connectivity index (χ0v) is 32.8. The van der Waals surface area contributed by atoms with Crippen molar-refractivity contribution in [2.24, 2.45) is 0 Å². The zero-order valence-electron chi connectivity index (χ0n) is 32.8. The third kappa shape index (κ3) is 23.8. The van der Waals surface area contributed by atoms with E-state index in [1.807, 2.05) is 27.7 Å². The lowest BCUT2D eigenvalue weighted by molar-refractivity contribution is -0.300. The summed E-state index contributed by atoms with van der Waals surface area (Å²) in [5.74, 6) is -0.123. The fraction of sp³-hybridized carbons (Fsp3) is 0.949. The minimum atomic E-state index is -1.52. The summed E-state index contributed by atoms with van der Waals surface area (Å²) in [6.07, 6.45) is 15.0. The summed E-state index contributed by atoms with van der Waals surface area (Å²) in [6, 6.07) is 0. The van der Waals surface area contributed by atoms with Crippen molar-refractivity contribution in [3.63, 3.8) is 0 Å². The number of carbonyl (C=O) groups is 2. The molecule has 0 aromatic carbocycles. The lowest BCUT2D eigenvalue weighted by Gasteiger charge is -2.39. The van der Waals surface area contributed by atoms with Gasteiger partial charge in [-0.3, -0.25) is 9.59 Å². The number of rotatable bonds is 32. The number of ether oxygens (including phenoxy) is 4. The molecule has 0 aromatic rings. The van der Waals surface area contributed by atoms with Gasteiger partial charge in [-0.2, -0.15) is 0 Å². The fourth-order valence-corrected chi connectivity index (χ4v) is 6.04. The van der Waals surface area contributed by atoms with Crippen molar-refractivity contribution in [2.45, 2.75) is 199 Å². The molecule has 1 saturated heterocycles. The molecule has 1 aliphatic rings. The Morgan fingerprint density at radius 2 is 1.10 bits per heavy atom. The summed E-state index contributed by atoms with van der Waals surface area (Å²) in [5, 5.41) is 44.7. The summed E-state index contributed by atoms with van der Waals surface area (Å²) in [5.41, 5.74) is -0.889. The number of hydrogen-bond acceptors (Lipinski definition) is 10. The maximum absolute atomic E-state index is 12.3. The van der Waals surface area contributed by atoms with Crippen molar-refractivity contribution >= 4 is 11.8 Å². The number of unbranched alkanes of at least 4 members (excludes halogenated alkanes) is 14. The molecule has 6 N–H and O–H groups in total. The molecule has 5 atom stereocenters. The molecular weight excluding hydrogens is 656 g/mol. The first-order valence-electron chi connectivity index (χ1n) is 20.1. The summed E-state index contributed by atoms with van der Waals surface area (Å²) in [6.45, 7) is 11.1. The highest BCUT2D eigenvalue weighted by Crippen LogP contribution is 2.22. The Hall–Kier alpha value is -1.38. The van der Waals surface area contributed by atoms with Gasteiger partial charge in [0.25, 0.3) is 0 Å². The SMILES string of the molecule is CCCCCCCCCCCCCCCCCC(=O)NCCC(C)(C)OCCC(C)(C)OCCC(=O)NCCOC1OC(CO)C(O)C(O)C1O. The van der Waals surface area contributed by atoms with Crippen LogP contribution in [0.1, 0.15) is 157 Å². The molecular formula is C39H76N2O10. The van der Waals surface area contributed by atoms with Crippen LogP contribution < -0.4 is 10.6 Å². The third-order valence-electron chi connectivity index (χ3n) is 9.63. The maximum Gasteiger partial charge on any atom is 0.222 e. The molecule has 1 rings (SSSR count). The van der Waals surface area contributed by atoms with E-state index in [0.717, 1.165) is 12.8 Å². The predicted octanol–water partition coefficient (Wildman–Crippen LogP) is 5.06. The highest BCUT2D eigenvalue weighted by molar-refractivity contribution is 5.76. The van der Waals surface area contributed by atoms with Crippen LogP contribution in [0.4, 0.5) is 0 Å². The minimum absolute atomic E-state index is 0.00285. The van der Waals surface area contributed by atoms with Crippen LogP contribution in [0.25, 0.3) is 0 Å². The van der Waals surface area contributed by atoms with Crippen molar-refractivity contribution in [3.05, 3.63) is 0 Å².